The molecule has 96 valence electrons. The third-order valence-electron chi connectivity index (χ3n) is 2.46. The Hall–Kier alpha value is -1.04. The van der Waals surface area contributed by atoms with E-state index in [9.17, 15) is 8.78 Å². The Labute approximate surface area is 99.3 Å². The van der Waals surface area contributed by atoms with Gasteiger partial charge in [0.05, 0.1) is 6.61 Å². The Bertz CT molecular complexity index is 347. The van der Waals surface area contributed by atoms with Crippen LogP contribution in [0.5, 0.6) is 0 Å². The molecule has 0 radical (unpaired) electrons. The predicted molar refractivity (Wildman–Crippen MR) is 60.4 cm³/mol. The monoisotopic (exact) mass is 245 g/mol. The van der Waals surface area contributed by atoms with Crippen LogP contribution in [-0.4, -0.2) is 41.4 Å². The van der Waals surface area contributed by atoms with Crippen molar-refractivity contribution in [2.75, 3.05) is 26.3 Å². The minimum Gasteiger partial charge on any atom is -0.396 e. The van der Waals surface area contributed by atoms with E-state index < -0.39 is 11.6 Å². The third-order valence-corrected chi connectivity index (χ3v) is 2.46. The van der Waals surface area contributed by atoms with Crippen LogP contribution in [0.3, 0.4) is 0 Å². The number of nitrogens with zero attached hydrogens (tertiary/aromatic N) is 1. The first kappa shape index (κ1) is 14.0. The molecule has 0 heterocycles. The van der Waals surface area contributed by atoms with Gasteiger partial charge in [-0.3, -0.25) is 4.90 Å². The van der Waals surface area contributed by atoms with Crippen molar-refractivity contribution >= 4 is 0 Å². The Kier molecular flexibility index (Phi) is 6.04. The lowest BCUT2D eigenvalue weighted by Crippen LogP contribution is -2.28. The highest BCUT2D eigenvalue weighted by molar-refractivity contribution is 5.18. The van der Waals surface area contributed by atoms with Crippen LogP contribution >= 0.6 is 0 Å². The van der Waals surface area contributed by atoms with Gasteiger partial charge >= 0.3 is 0 Å². The highest BCUT2D eigenvalue weighted by Gasteiger charge is 2.09. The summed E-state index contributed by atoms with van der Waals surface area (Å²) in [5, 5.41) is 17.6. The Morgan fingerprint density at radius 3 is 2.41 bits per heavy atom. The van der Waals surface area contributed by atoms with E-state index in [2.05, 4.69) is 0 Å². The van der Waals surface area contributed by atoms with Crippen molar-refractivity contribution in [3.63, 3.8) is 0 Å². The average molecular weight is 245 g/mol. The molecule has 0 bridgehead atoms. The maximum absolute atomic E-state index is 13.4. The van der Waals surface area contributed by atoms with Crippen LogP contribution in [0.4, 0.5) is 8.78 Å². The molecule has 0 aliphatic carbocycles. The van der Waals surface area contributed by atoms with E-state index >= 15 is 0 Å². The molecular weight excluding hydrogens is 228 g/mol. The summed E-state index contributed by atoms with van der Waals surface area (Å²) in [7, 11) is 0. The summed E-state index contributed by atoms with van der Waals surface area (Å²) in [5.74, 6) is -1.19. The molecule has 3 nitrogen and oxygen atoms in total. The summed E-state index contributed by atoms with van der Waals surface area (Å²) in [6, 6.07) is 3.45. The van der Waals surface area contributed by atoms with Gasteiger partial charge in [-0.25, -0.2) is 8.78 Å². The predicted octanol–water partition coefficient (Wildman–Crippen LogP) is 1.14. The first-order valence-corrected chi connectivity index (χ1v) is 5.55. The first-order valence-electron chi connectivity index (χ1n) is 5.55. The van der Waals surface area contributed by atoms with Gasteiger partial charge < -0.3 is 10.2 Å². The van der Waals surface area contributed by atoms with Gasteiger partial charge in [0, 0.05) is 37.9 Å². The topological polar surface area (TPSA) is 43.7 Å². The van der Waals surface area contributed by atoms with Crippen molar-refractivity contribution < 1.29 is 19.0 Å². The molecule has 0 saturated heterocycles. The smallest absolute Gasteiger partial charge is 0.130 e. The summed E-state index contributed by atoms with van der Waals surface area (Å²) in [6.07, 6.45) is 0.558. The molecule has 0 aliphatic rings. The second-order valence-corrected chi connectivity index (χ2v) is 3.81. The van der Waals surface area contributed by atoms with Crippen LogP contribution in [0.1, 0.15) is 12.0 Å². The Morgan fingerprint density at radius 2 is 1.82 bits per heavy atom. The molecule has 0 unspecified atom stereocenters. The lowest BCUT2D eigenvalue weighted by Gasteiger charge is -2.21. The zero-order valence-corrected chi connectivity index (χ0v) is 9.57. The van der Waals surface area contributed by atoms with Crippen LogP contribution in [0.15, 0.2) is 18.2 Å². The maximum Gasteiger partial charge on any atom is 0.130 e. The number of benzene rings is 1. The number of aliphatic hydroxyl groups excluding tert-OH is 2. The van der Waals surface area contributed by atoms with Crippen molar-refractivity contribution in [1.82, 2.24) is 4.90 Å². The lowest BCUT2D eigenvalue weighted by molar-refractivity contribution is 0.173. The summed E-state index contributed by atoms with van der Waals surface area (Å²) in [6.45, 7) is 1.28. The minimum absolute atomic E-state index is 0.0335. The number of hydrogen-bond acceptors (Lipinski definition) is 3. The van der Waals surface area contributed by atoms with Gasteiger partial charge in [-0.2, -0.15) is 0 Å². The fourth-order valence-electron chi connectivity index (χ4n) is 1.60. The molecule has 0 atom stereocenters. The molecule has 0 fully saturated rings. The number of halogens is 2. The summed E-state index contributed by atoms with van der Waals surface area (Å²) in [4.78, 5) is 1.81. The van der Waals surface area contributed by atoms with Crippen molar-refractivity contribution in [1.29, 1.82) is 0 Å². The zero-order valence-electron chi connectivity index (χ0n) is 9.57. The van der Waals surface area contributed by atoms with E-state index in [0.717, 1.165) is 6.07 Å². The molecule has 17 heavy (non-hydrogen) atoms. The van der Waals surface area contributed by atoms with Crippen LogP contribution in [-0.2, 0) is 6.54 Å². The summed E-state index contributed by atoms with van der Waals surface area (Å²) < 4.78 is 26.1. The van der Waals surface area contributed by atoms with E-state index in [0.29, 0.717) is 31.6 Å². The van der Waals surface area contributed by atoms with E-state index in [1.54, 1.807) is 0 Å². The largest absolute Gasteiger partial charge is 0.396 e. The van der Waals surface area contributed by atoms with Gasteiger partial charge in [-0.05, 0) is 12.5 Å². The van der Waals surface area contributed by atoms with E-state index in [1.165, 1.54) is 12.1 Å². The van der Waals surface area contributed by atoms with Crippen molar-refractivity contribution in [2.24, 2.45) is 0 Å². The normalized spacial score (nSPS) is 11.1. The van der Waals surface area contributed by atoms with Gasteiger partial charge in [0.1, 0.15) is 11.6 Å². The number of hydrogen-bond donors (Lipinski definition) is 2. The number of aliphatic hydroxyl groups is 2. The van der Waals surface area contributed by atoms with Crippen molar-refractivity contribution in [3.05, 3.63) is 35.4 Å². The quantitative estimate of drug-likeness (QED) is 0.757. The molecule has 0 amide bonds. The first-order chi connectivity index (χ1) is 8.17. The fraction of sp³-hybridized carbons (Fsp3) is 0.500. The van der Waals surface area contributed by atoms with Gasteiger partial charge in [0.25, 0.3) is 0 Å². The molecule has 2 N–H and O–H groups in total. The molecule has 0 spiro atoms. The highest BCUT2D eigenvalue weighted by Crippen LogP contribution is 2.12. The summed E-state index contributed by atoms with van der Waals surface area (Å²) in [5.41, 5.74) is 0.387. The SMILES string of the molecule is OCCCN(CCO)Cc1ccc(F)cc1F. The third kappa shape index (κ3) is 4.77. The van der Waals surface area contributed by atoms with Crippen LogP contribution in [0.25, 0.3) is 0 Å². The van der Waals surface area contributed by atoms with E-state index in [1.807, 2.05) is 4.90 Å². The Balaban J connectivity index is 2.64. The molecule has 1 rings (SSSR count). The molecular formula is C12H17F2NO2. The maximum atomic E-state index is 13.4. The molecule has 0 saturated carbocycles. The van der Waals surface area contributed by atoms with Gasteiger partial charge in [0.2, 0.25) is 0 Å². The van der Waals surface area contributed by atoms with E-state index in [4.69, 9.17) is 10.2 Å². The second-order valence-electron chi connectivity index (χ2n) is 3.81. The lowest BCUT2D eigenvalue weighted by atomic mass is 10.2. The van der Waals surface area contributed by atoms with Crippen LogP contribution in [0.2, 0.25) is 0 Å². The van der Waals surface area contributed by atoms with Crippen molar-refractivity contribution in [3.8, 4) is 0 Å². The highest BCUT2D eigenvalue weighted by atomic mass is 19.1. The fourth-order valence-corrected chi connectivity index (χ4v) is 1.60. The Morgan fingerprint density at radius 1 is 1.06 bits per heavy atom. The van der Waals surface area contributed by atoms with Gasteiger partial charge in [-0.15, -0.1) is 0 Å². The molecule has 0 aliphatic heterocycles. The zero-order chi connectivity index (χ0) is 12.7. The molecule has 1 aromatic carbocycles. The van der Waals surface area contributed by atoms with Gasteiger partial charge in [-0.1, -0.05) is 6.07 Å². The van der Waals surface area contributed by atoms with Crippen LogP contribution in [0, 0.1) is 11.6 Å². The average Bonchev–Trinajstić information content (AvgIpc) is 2.29. The standard InChI is InChI=1S/C12H17F2NO2/c13-11-3-2-10(12(14)8-11)9-15(5-7-17)4-1-6-16/h2-3,8,16-17H,1,4-7,9H2. The number of rotatable bonds is 7. The molecule has 0 aromatic heterocycles. The molecule has 5 heteroatoms. The van der Waals surface area contributed by atoms with Crippen molar-refractivity contribution in [2.45, 2.75) is 13.0 Å². The minimum atomic E-state index is -0.602. The van der Waals surface area contributed by atoms with Gasteiger partial charge in [0.15, 0.2) is 0 Å². The van der Waals surface area contributed by atoms with E-state index in [-0.39, 0.29) is 13.2 Å². The van der Waals surface area contributed by atoms with Crippen LogP contribution < -0.4 is 0 Å². The second kappa shape index (κ2) is 7.32. The summed E-state index contributed by atoms with van der Waals surface area (Å²) >= 11 is 0. The molecule has 1 aromatic rings.